The maximum absolute atomic E-state index is 11.7. The van der Waals surface area contributed by atoms with Crippen molar-refractivity contribution in [3.05, 3.63) is 0 Å². The summed E-state index contributed by atoms with van der Waals surface area (Å²) in [5.41, 5.74) is -0.242. The van der Waals surface area contributed by atoms with Gasteiger partial charge in [-0.3, -0.25) is 4.79 Å². The fourth-order valence-corrected chi connectivity index (χ4v) is 3.15. The topological polar surface area (TPSA) is 38.3 Å². The third-order valence-corrected chi connectivity index (χ3v) is 4.02. The van der Waals surface area contributed by atoms with E-state index < -0.39 is 0 Å². The standard InChI is InChI=1S/C13H25NO2S/c1-5-17-11-7-6-10(8-11)14-12(15)9-16-13(2,3)4/h10-11H,5-9H2,1-4H3,(H,14,15). The van der Waals surface area contributed by atoms with Gasteiger partial charge >= 0.3 is 0 Å². The van der Waals surface area contributed by atoms with Gasteiger partial charge in [0, 0.05) is 11.3 Å². The first-order valence-corrected chi connectivity index (χ1v) is 7.50. The zero-order valence-corrected chi connectivity index (χ0v) is 12.2. The van der Waals surface area contributed by atoms with E-state index in [2.05, 4.69) is 12.2 Å². The summed E-state index contributed by atoms with van der Waals surface area (Å²) < 4.78 is 5.46. The molecule has 1 aliphatic carbocycles. The normalized spacial score (nSPS) is 24.9. The Labute approximate surface area is 109 Å². The summed E-state index contributed by atoms with van der Waals surface area (Å²) in [6, 6.07) is 0.357. The van der Waals surface area contributed by atoms with Gasteiger partial charge in [-0.2, -0.15) is 11.8 Å². The highest BCUT2D eigenvalue weighted by Crippen LogP contribution is 2.29. The van der Waals surface area contributed by atoms with E-state index in [1.807, 2.05) is 32.5 Å². The maximum atomic E-state index is 11.7. The summed E-state index contributed by atoms with van der Waals surface area (Å²) in [6.45, 7) is 8.25. The van der Waals surface area contributed by atoms with Crippen LogP contribution in [0.5, 0.6) is 0 Å². The second-order valence-corrected chi connectivity index (χ2v) is 7.13. The number of hydrogen-bond donors (Lipinski definition) is 1. The van der Waals surface area contributed by atoms with Crippen molar-refractivity contribution < 1.29 is 9.53 Å². The fourth-order valence-electron chi connectivity index (χ4n) is 2.01. The highest BCUT2D eigenvalue weighted by atomic mass is 32.2. The van der Waals surface area contributed by atoms with Crippen molar-refractivity contribution in [3.8, 4) is 0 Å². The van der Waals surface area contributed by atoms with Crippen molar-refractivity contribution >= 4 is 17.7 Å². The minimum Gasteiger partial charge on any atom is -0.366 e. The highest BCUT2D eigenvalue weighted by Gasteiger charge is 2.26. The molecule has 17 heavy (non-hydrogen) atoms. The number of ether oxygens (including phenoxy) is 1. The smallest absolute Gasteiger partial charge is 0.246 e. The van der Waals surface area contributed by atoms with Crippen LogP contribution in [0.2, 0.25) is 0 Å². The van der Waals surface area contributed by atoms with Crippen LogP contribution in [0.15, 0.2) is 0 Å². The van der Waals surface area contributed by atoms with E-state index in [4.69, 9.17) is 4.74 Å². The van der Waals surface area contributed by atoms with Gasteiger partial charge in [0.25, 0.3) is 0 Å². The van der Waals surface area contributed by atoms with Crippen LogP contribution in [0.3, 0.4) is 0 Å². The molecule has 1 rings (SSSR count). The van der Waals surface area contributed by atoms with Crippen LogP contribution in [0, 0.1) is 0 Å². The predicted octanol–water partition coefficient (Wildman–Crippen LogP) is 2.59. The highest BCUT2D eigenvalue weighted by molar-refractivity contribution is 7.99. The minimum absolute atomic E-state index is 0.0204. The summed E-state index contributed by atoms with van der Waals surface area (Å²) >= 11 is 2.00. The number of thioether (sulfide) groups is 1. The average molecular weight is 259 g/mol. The molecule has 1 fully saturated rings. The molecule has 4 heteroatoms. The largest absolute Gasteiger partial charge is 0.366 e. The first-order chi connectivity index (χ1) is 7.90. The molecule has 0 aromatic carbocycles. The molecule has 0 spiro atoms. The molecule has 0 bridgehead atoms. The summed E-state index contributed by atoms with van der Waals surface area (Å²) in [7, 11) is 0. The summed E-state index contributed by atoms with van der Waals surface area (Å²) in [5.74, 6) is 1.19. The molecule has 0 saturated heterocycles. The lowest BCUT2D eigenvalue weighted by Gasteiger charge is -2.20. The molecule has 1 saturated carbocycles. The molecular formula is C13H25NO2S. The Bertz CT molecular complexity index is 250. The molecule has 2 atom stereocenters. The van der Waals surface area contributed by atoms with E-state index in [-0.39, 0.29) is 18.1 Å². The molecule has 0 aromatic heterocycles. The third-order valence-electron chi connectivity index (χ3n) is 2.79. The molecule has 1 aliphatic rings. The summed E-state index contributed by atoms with van der Waals surface area (Å²) in [4.78, 5) is 11.7. The first-order valence-electron chi connectivity index (χ1n) is 6.45. The van der Waals surface area contributed by atoms with Gasteiger partial charge in [-0.15, -0.1) is 0 Å². The second kappa shape index (κ2) is 6.64. The molecule has 1 N–H and O–H groups in total. The van der Waals surface area contributed by atoms with E-state index in [0.29, 0.717) is 6.04 Å². The Morgan fingerprint density at radius 3 is 2.71 bits per heavy atom. The number of nitrogens with one attached hydrogen (secondary N) is 1. The van der Waals surface area contributed by atoms with Crippen molar-refractivity contribution in [3.63, 3.8) is 0 Å². The Morgan fingerprint density at radius 2 is 2.12 bits per heavy atom. The predicted molar refractivity (Wildman–Crippen MR) is 73.4 cm³/mol. The van der Waals surface area contributed by atoms with Crippen LogP contribution < -0.4 is 5.32 Å². The molecule has 0 radical (unpaired) electrons. The molecule has 2 unspecified atom stereocenters. The molecule has 100 valence electrons. The molecule has 0 heterocycles. The van der Waals surface area contributed by atoms with Crippen molar-refractivity contribution in [2.45, 2.75) is 63.9 Å². The Morgan fingerprint density at radius 1 is 1.41 bits per heavy atom. The maximum Gasteiger partial charge on any atom is 0.246 e. The first kappa shape index (κ1) is 14.8. The summed E-state index contributed by atoms with van der Waals surface area (Å²) in [6.07, 6.45) is 3.45. The zero-order chi connectivity index (χ0) is 12.9. The molecule has 1 amide bonds. The van der Waals surface area contributed by atoms with E-state index in [1.54, 1.807) is 0 Å². The van der Waals surface area contributed by atoms with Gasteiger partial charge in [0.2, 0.25) is 5.91 Å². The van der Waals surface area contributed by atoms with Crippen molar-refractivity contribution in [2.24, 2.45) is 0 Å². The van der Waals surface area contributed by atoms with Crippen LogP contribution in [-0.2, 0) is 9.53 Å². The molecule has 0 aliphatic heterocycles. The minimum atomic E-state index is -0.242. The number of amides is 1. The third kappa shape index (κ3) is 6.32. The average Bonchev–Trinajstić information content (AvgIpc) is 2.62. The molecular weight excluding hydrogens is 234 g/mol. The van der Waals surface area contributed by atoms with Gasteiger partial charge in [0.05, 0.1) is 5.60 Å². The van der Waals surface area contributed by atoms with Gasteiger partial charge < -0.3 is 10.1 Å². The summed E-state index contributed by atoms with van der Waals surface area (Å²) in [5, 5.41) is 3.79. The number of carbonyl (C=O) groups excluding carboxylic acids is 1. The lowest BCUT2D eigenvalue weighted by atomic mass is 10.2. The van der Waals surface area contributed by atoms with Crippen molar-refractivity contribution in [1.29, 1.82) is 0 Å². The van der Waals surface area contributed by atoms with Crippen LogP contribution in [0.4, 0.5) is 0 Å². The lowest BCUT2D eigenvalue weighted by Crippen LogP contribution is -2.37. The van der Waals surface area contributed by atoms with Crippen LogP contribution in [0.1, 0.15) is 47.0 Å². The molecule has 3 nitrogen and oxygen atoms in total. The number of carbonyl (C=O) groups is 1. The van der Waals surface area contributed by atoms with Gasteiger partial charge in [0.15, 0.2) is 0 Å². The Balaban J connectivity index is 2.19. The van der Waals surface area contributed by atoms with Gasteiger partial charge in [-0.1, -0.05) is 6.92 Å². The van der Waals surface area contributed by atoms with E-state index in [1.165, 1.54) is 12.2 Å². The van der Waals surface area contributed by atoms with E-state index >= 15 is 0 Å². The van der Waals surface area contributed by atoms with E-state index in [0.717, 1.165) is 18.1 Å². The van der Waals surface area contributed by atoms with Gasteiger partial charge in [-0.05, 0) is 45.8 Å². The van der Waals surface area contributed by atoms with Crippen molar-refractivity contribution in [2.75, 3.05) is 12.4 Å². The Hall–Kier alpha value is -0.220. The van der Waals surface area contributed by atoms with Gasteiger partial charge in [0.1, 0.15) is 6.61 Å². The monoisotopic (exact) mass is 259 g/mol. The fraction of sp³-hybridized carbons (Fsp3) is 0.923. The second-order valence-electron chi connectivity index (χ2n) is 5.56. The van der Waals surface area contributed by atoms with Crippen molar-refractivity contribution in [1.82, 2.24) is 5.32 Å². The zero-order valence-electron chi connectivity index (χ0n) is 11.4. The Kier molecular flexibility index (Phi) is 5.80. The van der Waals surface area contributed by atoms with Crippen LogP contribution >= 0.6 is 11.8 Å². The van der Waals surface area contributed by atoms with Crippen LogP contribution in [-0.4, -0.2) is 35.2 Å². The quantitative estimate of drug-likeness (QED) is 0.825. The number of rotatable bonds is 5. The SMILES string of the molecule is CCSC1CCC(NC(=O)COC(C)(C)C)C1. The van der Waals surface area contributed by atoms with E-state index in [9.17, 15) is 4.79 Å². The van der Waals surface area contributed by atoms with Gasteiger partial charge in [-0.25, -0.2) is 0 Å². The van der Waals surface area contributed by atoms with Crippen LogP contribution in [0.25, 0.3) is 0 Å². The lowest BCUT2D eigenvalue weighted by molar-refractivity contribution is -0.131. The molecule has 0 aromatic rings. The number of hydrogen-bond acceptors (Lipinski definition) is 3.